The first-order valence-electron chi connectivity index (χ1n) is 7.99. The lowest BCUT2D eigenvalue weighted by Crippen LogP contribution is -2.25. The summed E-state index contributed by atoms with van der Waals surface area (Å²) in [6.07, 6.45) is 2.16. The zero-order valence-corrected chi connectivity index (χ0v) is 16.4. The van der Waals surface area contributed by atoms with Crippen LogP contribution in [0.2, 0.25) is 5.02 Å². The summed E-state index contributed by atoms with van der Waals surface area (Å²) in [6, 6.07) is 13.2. The summed E-state index contributed by atoms with van der Waals surface area (Å²) in [4.78, 5) is 16.2. The minimum atomic E-state index is -3.73. The Labute approximate surface area is 166 Å². The Morgan fingerprint density at radius 1 is 1.15 bits per heavy atom. The number of amides is 1. The summed E-state index contributed by atoms with van der Waals surface area (Å²) in [5, 5.41) is 5.43. The number of halogens is 1. The average Bonchev–Trinajstić information content (AvgIpc) is 3.14. The van der Waals surface area contributed by atoms with E-state index in [1.165, 1.54) is 41.8 Å². The zero-order valence-electron chi connectivity index (χ0n) is 14.1. The molecule has 2 N–H and O–H groups in total. The van der Waals surface area contributed by atoms with Gasteiger partial charge in [-0.15, -0.1) is 11.3 Å². The monoisotopic (exact) mass is 421 g/mol. The third-order valence-corrected chi connectivity index (χ3v) is 6.08. The van der Waals surface area contributed by atoms with E-state index in [0.717, 1.165) is 5.56 Å². The van der Waals surface area contributed by atoms with Crippen molar-refractivity contribution in [1.82, 2.24) is 10.3 Å². The van der Waals surface area contributed by atoms with Gasteiger partial charge in [-0.3, -0.25) is 9.52 Å². The molecule has 0 aliphatic carbocycles. The number of nitrogens with one attached hydrogen (secondary N) is 2. The highest BCUT2D eigenvalue weighted by atomic mass is 35.5. The fourth-order valence-corrected chi connectivity index (χ4v) is 4.35. The number of hydrogen-bond acceptors (Lipinski definition) is 5. The number of carbonyl (C=O) groups excluding carboxylic acids is 1. The molecule has 27 heavy (non-hydrogen) atoms. The summed E-state index contributed by atoms with van der Waals surface area (Å²) < 4.78 is 27.0. The normalized spacial score (nSPS) is 11.1. The lowest BCUT2D eigenvalue weighted by Gasteiger charge is -2.08. The molecule has 0 aliphatic heterocycles. The molecule has 1 amide bonds. The Bertz CT molecular complexity index is 1020. The standard InChI is InChI=1S/C18H16ClN3O3S2/c19-15-3-1-2-13(12-15)8-9-20-17(23)14-4-6-16(7-5-14)27(24,25)22-18-21-10-11-26-18/h1-7,10-12H,8-9H2,(H,20,23)(H,21,22). The van der Waals surface area contributed by atoms with E-state index in [9.17, 15) is 13.2 Å². The molecule has 0 bridgehead atoms. The van der Waals surface area contributed by atoms with E-state index in [0.29, 0.717) is 23.6 Å². The summed E-state index contributed by atoms with van der Waals surface area (Å²) in [5.41, 5.74) is 1.41. The largest absolute Gasteiger partial charge is 0.352 e. The summed E-state index contributed by atoms with van der Waals surface area (Å²) >= 11 is 7.12. The molecule has 0 aliphatic rings. The van der Waals surface area contributed by atoms with Crippen LogP contribution in [0.15, 0.2) is 65.0 Å². The van der Waals surface area contributed by atoms with Gasteiger partial charge < -0.3 is 5.32 Å². The molecule has 9 heteroatoms. The highest BCUT2D eigenvalue weighted by molar-refractivity contribution is 7.93. The van der Waals surface area contributed by atoms with Crippen LogP contribution in [0.25, 0.3) is 0 Å². The highest BCUT2D eigenvalue weighted by Gasteiger charge is 2.16. The molecule has 0 atom stereocenters. The second-order valence-electron chi connectivity index (χ2n) is 5.60. The Morgan fingerprint density at radius 3 is 2.59 bits per heavy atom. The topological polar surface area (TPSA) is 88.2 Å². The van der Waals surface area contributed by atoms with Gasteiger partial charge >= 0.3 is 0 Å². The quantitative estimate of drug-likeness (QED) is 0.610. The molecule has 0 spiro atoms. The summed E-state index contributed by atoms with van der Waals surface area (Å²) in [5.74, 6) is -0.270. The SMILES string of the molecule is O=C(NCCc1cccc(Cl)c1)c1ccc(S(=O)(=O)Nc2nccs2)cc1. The number of anilines is 1. The maximum Gasteiger partial charge on any atom is 0.263 e. The van der Waals surface area contributed by atoms with Gasteiger partial charge in [0.05, 0.1) is 4.90 Å². The average molecular weight is 422 g/mol. The number of benzene rings is 2. The first-order chi connectivity index (χ1) is 12.9. The summed E-state index contributed by atoms with van der Waals surface area (Å²) in [6.45, 7) is 0.449. The Morgan fingerprint density at radius 2 is 1.93 bits per heavy atom. The molecule has 0 radical (unpaired) electrons. The van der Waals surface area contributed by atoms with Crippen molar-refractivity contribution in [2.24, 2.45) is 0 Å². The Balaban J connectivity index is 1.58. The number of thiazole rings is 1. The van der Waals surface area contributed by atoms with E-state index in [4.69, 9.17) is 11.6 Å². The van der Waals surface area contributed by atoms with Crippen LogP contribution in [-0.4, -0.2) is 25.9 Å². The van der Waals surface area contributed by atoms with Crippen LogP contribution >= 0.6 is 22.9 Å². The number of sulfonamides is 1. The maximum absolute atomic E-state index is 12.3. The molecule has 0 saturated carbocycles. The van der Waals surface area contributed by atoms with Crippen LogP contribution in [0.4, 0.5) is 5.13 Å². The first-order valence-corrected chi connectivity index (χ1v) is 10.7. The number of hydrogen-bond donors (Lipinski definition) is 2. The van der Waals surface area contributed by atoms with Gasteiger partial charge in [-0.25, -0.2) is 13.4 Å². The molecule has 0 saturated heterocycles. The van der Waals surface area contributed by atoms with Crippen LogP contribution in [0.1, 0.15) is 15.9 Å². The van der Waals surface area contributed by atoms with Gasteiger partial charge in [0.15, 0.2) is 5.13 Å². The molecule has 3 aromatic rings. The van der Waals surface area contributed by atoms with E-state index in [1.807, 2.05) is 18.2 Å². The van der Waals surface area contributed by atoms with Gasteiger partial charge in [-0.1, -0.05) is 23.7 Å². The van der Waals surface area contributed by atoms with Crippen LogP contribution in [0, 0.1) is 0 Å². The molecule has 6 nitrogen and oxygen atoms in total. The van der Waals surface area contributed by atoms with Crippen molar-refractivity contribution < 1.29 is 13.2 Å². The van der Waals surface area contributed by atoms with E-state index >= 15 is 0 Å². The fraction of sp³-hybridized carbons (Fsp3) is 0.111. The second-order valence-corrected chi connectivity index (χ2v) is 8.62. The fourth-order valence-electron chi connectivity index (χ4n) is 2.35. The van der Waals surface area contributed by atoms with Crippen LogP contribution in [0.3, 0.4) is 0 Å². The second kappa shape index (κ2) is 8.51. The van der Waals surface area contributed by atoms with Crippen LogP contribution < -0.4 is 10.0 Å². The lowest BCUT2D eigenvalue weighted by molar-refractivity contribution is 0.0954. The smallest absolute Gasteiger partial charge is 0.263 e. The first kappa shape index (κ1) is 19.3. The molecule has 1 aromatic heterocycles. The van der Waals surface area contributed by atoms with Gasteiger partial charge in [-0.05, 0) is 48.4 Å². The minimum Gasteiger partial charge on any atom is -0.352 e. The molecule has 3 rings (SSSR count). The van der Waals surface area contributed by atoms with E-state index in [2.05, 4.69) is 15.0 Å². The van der Waals surface area contributed by atoms with Crippen molar-refractivity contribution in [3.63, 3.8) is 0 Å². The Kier molecular flexibility index (Phi) is 6.10. The molecular weight excluding hydrogens is 406 g/mol. The van der Waals surface area contributed by atoms with Crippen LogP contribution in [-0.2, 0) is 16.4 Å². The predicted molar refractivity (Wildman–Crippen MR) is 107 cm³/mol. The molecule has 1 heterocycles. The predicted octanol–water partition coefficient (Wildman–Crippen LogP) is 3.57. The van der Waals surface area contributed by atoms with Crippen molar-refractivity contribution in [2.45, 2.75) is 11.3 Å². The molecule has 2 aromatic carbocycles. The van der Waals surface area contributed by atoms with E-state index < -0.39 is 10.0 Å². The van der Waals surface area contributed by atoms with Gasteiger partial charge in [0.1, 0.15) is 0 Å². The van der Waals surface area contributed by atoms with Crippen molar-refractivity contribution in [3.8, 4) is 0 Å². The molecule has 0 unspecified atom stereocenters. The van der Waals surface area contributed by atoms with Crippen molar-refractivity contribution in [1.29, 1.82) is 0 Å². The van der Waals surface area contributed by atoms with Gasteiger partial charge in [-0.2, -0.15) is 0 Å². The number of nitrogens with zero attached hydrogens (tertiary/aromatic N) is 1. The van der Waals surface area contributed by atoms with Crippen molar-refractivity contribution in [3.05, 3.63) is 76.3 Å². The number of aromatic nitrogens is 1. The molecule has 0 fully saturated rings. The molecule has 140 valence electrons. The Hall–Kier alpha value is -2.42. The van der Waals surface area contributed by atoms with Crippen molar-refractivity contribution >= 4 is 44.0 Å². The number of carbonyl (C=O) groups is 1. The molecular formula is C18H16ClN3O3S2. The van der Waals surface area contributed by atoms with E-state index in [1.54, 1.807) is 11.4 Å². The van der Waals surface area contributed by atoms with Gasteiger partial charge in [0, 0.05) is 28.7 Å². The maximum atomic E-state index is 12.3. The zero-order chi connectivity index (χ0) is 19.3. The summed E-state index contributed by atoms with van der Waals surface area (Å²) in [7, 11) is -3.73. The van der Waals surface area contributed by atoms with E-state index in [-0.39, 0.29) is 15.9 Å². The van der Waals surface area contributed by atoms with Gasteiger partial charge in [0.2, 0.25) is 0 Å². The third-order valence-electron chi connectivity index (χ3n) is 3.67. The highest BCUT2D eigenvalue weighted by Crippen LogP contribution is 2.18. The third kappa shape index (κ3) is 5.29. The number of rotatable bonds is 7. The van der Waals surface area contributed by atoms with Crippen molar-refractivity contribution in [2.75, 3.05) is 11.3 Å². The lowest BCUT2D eigenvalue weighted by atomic mass is 10.1. The van der Waals surface area contributed by atoms with Crippen LogP contribution in [0.5, 0.6) is 0 Å². The minimum absolute atomic E-state index is 0.0631. The van der Waals surface area contributed by atoms with Gasteiger partial charge in [0.25, 0.3) is 15.9 Å².